The van der Waals surface area contributed by atoms with Gasteiger partial charge in [-0.05, 0) is 0 Å². The van der Waals surface area contributed by atoms with E-state index in [0.717, 1.165) is 0 Å². The predicted molar refractivity (Wildman–Crippen MR) is 58.2 cm³/mol. The third-order valence-electron chi connectivity index (χ3n) is 2.80. The number of carbonyl (C=O) groups excluding carboxylic acids is 1. The van der Waals surface area contributed by atoms with E-state index in [9.17, 15) is 15.0 Å². The van der Waals surface area contributed by atoms with E-state index in [1.165, 1.54) is 10.8 Å². The van der Waals surface area contributed by atoms with Crippen molar-refractivity contribution in [3.05, 3.63) is 11.9 Å². The first-order chi connectivity index (χ1) is 8.45. The fourth-order valence-corrected chi connectivity index (χ4v) is 1.84. The number of carbonyl (C=O) groups is 1. The Labute approximate surface area is 102 Å². The number of hydrogen-bond acceptors (Lipinski definition) is 7. The molecule has 0 saturated carbocycles. The molecular formula is C9H14N4O5. The number of primary amides is 1. The summed E-state index contributed by atoms with van der Waals surface area (Å²) >= 11 is 0. The number of hydrogen-bond donors (Lipinski definition) is 5. The van der Waals surface area contributed by atoms with Crippen molar-refractivity contribution in [1.29, 1.82) is 0 Å². The molecule has 0 spiro atoms. The number of aliphatic hydroxyl groups is 3. The monoisotopic (exact) mass is 258 g/mol. The molecule has 18 heavy (non-hydrogen) atoms. The molecule has 9 heteroatoms. The Morgan fingerprint density at radius 1 is 1.50 bits per heavy atom. The van der Waals surface area contributed by atoms with Crippen LogP contribution in [0.1, 0.15) is 16.7 Å². The number of ether oxygens (including phenoxy) is 1. The second-order valence-corrected chi connectivity index (χ2v) is 3.98. The fraction of sp³-hybridized carbons (Fsp3) is 0.556. The summed E-state index contributed by atoms with van der Waals surface area (Å²) in [6.07, 6.45) is -3.28. The number of nitrogens with zero attached hydrogens (tertiary/aromatic N) is 2. The van der Waals surface area contributed by atoms with Crippen molar-refractivity contribution in [2.24, 2.45) is 5.73 Å². The van der Waals surface area contributed by atoms with Crippen LogP contribution in [0.3, 0.4) is 0 Å². The first-order valence-electron chi connectivity index (χ1n) is 5.22. The number of rotatable bonds is 3. The highest BCUT2D eigenvalue weighted by molar-refractivity contribution is 5.91. The third kappa shape index (κ3) is 1.93. The summed E-state index contributed by atoms with van der Waals surface area (Å²) in [6.45, 7) is -0.452. The normalized spacial score (nSPS) is 31.7. The Morgan fingerprint density at radius 2 is 2.17 bits per heavy atom. The van der Waals surface area contributed by atoms with Crippen LogP contribution in [0.25, 0.3) is 0 Å². The average Bonchev–Trinajstić information content (AvgIpc) is 2.83. The molecule has 0 unspecified atom stereocenters. The van der Waals surface area contributed by atoms with Gasteiger partial charge in [-0.3, -0.25) is 9.36 Å². The topological polar surface area (TPSA) is 157 Å². The summed E-state index contributed by atoms with van der Waals surface area (Å²) in [7, 11) is 0. The molecule has 7 N–H and O–H groups in total. The van der Waals surface area contributed by atoms with Crippen molar-refractivity contribution in [2.75, 3.05) is 12.3 Å². The van der Waals surface area contributed by atoms with Crippen LogP contribution in [0.15, 0.2) is 6.20 Å². The van der Waals surface area contributed by atoms with Gasteiger partial charge >= 0.3 is 0 Å². The lowest BCUT2D eigenvalue weighted by atomic mass is 10.1. The van der Waals surface area contributed by atoms with Crippen molar-refractivity contribution in [3.8, 4) is 0 Å². The first kappa shape index (κ1) is 12.8. The van der Waals surface area contributed by atoms with E-state index in [1.54, 1.807) is 0 Å². The van der Waals surface area contributed by atoms with E-state index >= 15 is 0 Å². The number of nitrogens with two attached hydrogens (primary N) is 2. The highest BCUT2D eigenvalue weighted by Crippen LogP contribution is 2.30. The molecule has 1 saturated heterocycles. The van der Waals surface area contributed by atoms with Crippen LogP contribution in [0, 0.1) is 0 Å². The first-order valence-corrected chi connectivity index (χ1v) is 5.22. The van der Waals surface area contributed by atoms with Gasteiger partial charge in [-0.25, -0.2) is 4.98 Å². The Hall–Kier alpha value is -1.68. The Morgan fingerprint density at radius 3 is 2.61 bits per heavy atom. The van der Waals surface area contributed by atoms with E-state index in [0.29, 0.717) is 0 Å². The molecule has 100 valence electrons. The predicted octanol–water partition coefficient (Wildman–Crippen LogP) is -2.82. The largest absolute Gasteiger partial charge is 0.394 e. The maximum atomic E-state index is 10.9. The molecule has 1 aromatic heterocycles. The molecule has 0 radical (unpaired) electrons. The second-order valence-electron chi connectivity index (χ2n) is 3.98. The van der Waals surface area contributed by atoms with Crippen molar-refractivity contribution >= 4 is 11.9 Å². The van der Waals surface area contributed by atoms with Gasteiger partial charge in [0, 0.05) is 6.20 Å². The van der Waals surface area contributed by atoms with Gasteiger partial charge in [0.25, 0.3) is 5.91 Å². The van der Waals surface area contributed by atoms with Gasteiger partial charge in [-0.2, -0.15) is 0 Å². The van der Waals surface area contributed by atoms with Crippen LogP contribution >= 0.6 is 0 Å². The van der Waals surface area contributed by atoms with E-state index in [-0.39, 0.29) is 11.6 Å². The minimum absolute atomic E-state index is 0.0785. The van der Waals surface area contributed by atoms with E-state index < -0.39 is 37.1 Å². The fourth-order valence-electron chi connectivity index (χ4n) is 1.84. The molecule has 1 aliphatic rings. The lowest BCUT2D eigenvalue weighted by molar-refractivity contribution is -0.0517. The van der Waals surface area contributed by atoms with Crippen molar-refractivity contribution < 1.29 is 24.9 Å². The van der Waals surface area contributed by atoms with Crippen molar-refractivity contribution in [2.45, 2.75) is 24.5 Å². The van der Waals surface area contributed by atoms with E-state index in [4.69, 9.17) is 21.3 Å². The Kier molecular flexibility index (Phi) is 3.22. The van der Waals surface area contributed by atoms with E-state index in [1.807, 2.05) is 0 Å². The molecule has 1 fully saturated rings. The number of amides is 1. The minimum Gasteiger partial charge on any atom is -0.394 e. The van der Waals surface area contributed by atoms with Crippen molar-refractivity contribution in [3.63, 3.8) is 0 Å². The zero-order chi connectivity index (χ0) is 13.4. The number of imidazole rings is 1. The molecule has 0 aliphatic carbocycles. The molecule has 9 nitrogen and oxygen atoms in total. The molecule has 1 aromatic rings. The number of anilines is 1. The molecular weight excluding hydrogens is 244 g/mol. The van der Waals surface area contributed by atoms with Gasteiger partial charge in [0.15, 0.2) is 6.23 Å². The molecule has 2 rings (SSSR count). The third-order valence-corrected chi connectivity index (χ3v) is 2.80. The molecule has 0 aromatic carbocycles. The van der Waals surface area contributed by atoms with E-state index in [2.05, 4.69) is 4.98 Å². The summed E-state index contributed by atoms with van der Waals surface area (Å²) in [5.41, 5.74) is 10.5. The maximum Gasteiger partial charge on any atom is 0.268 e. The van der Waals surface area contributed by atoms with Crippen LogP contribution in [0.5, 0.6) is 0 Å². The van der Waals surface area contributed by atoms with Crippen LogP contribution in [-0.2, 0) is 4.74 Å². The molecule has 1 aliphatic heterocycles. The number of nitrogen functional groups attached to an aromatic ring is 1. The average molecular weight is 258 g/mol. The van der Waals surface area contributed by atoms with Crippen LogP contribution < -0.4 is 11.5 Å². The summed E-state index contributed by atoms with van der Waals surface area (Å²) < 4.78 is 6.42. The Balaban J connectivity index is 2.29. The Bertz CT molecular complexity index is 462. The summed E-state index contributed by atoms with van der Waals surface area (Å²) in [5.74, 6) is -0.856. The maximum absolute atomic E-state index is 10.9. The molecule has 2 heterocycles. The van der Waals surface area contributed by atoms with Crippen LogP contribution in [0.2, 0.25) is 0 Å². The van der Waals surface area contributed by atoms with Crippen LogP contribution in [-0.4, -0.2) is 55.7 Å². The molecule has 4 atom stereocenters. The molecule has 0 bridgehead atoms. The standard InChI is InChI=1S/C9H14N4O5/c10-7(17)3-1-13(9(11)12-3)8-6(16)5(15)4(2-14)18-8/h1,4-6,8,14-16H,2H2,(H2,10,17)(H2,11,12)/t4-,5-,6-,8-/m1/s1. The lowest BCUT2D eigenvalue weighted by Crippen LogP contribution is -2.33. The van der Waals surface area contributed by atoms with Gasteiger partial charge in [-0.15, -0.1) is 0 Å². The van der Waals surface area contributed by atoms with Gasteiger partial charge < -0.3 is 31.5 Å². The van der Waals surface area contributed by atoms with Gasteiger partial charge in [0.05, 0.1) is 6.61 Å². The number of aliphatic hydroxyl groups excluding tert-OH is 3. The second kappa shape index (κ2) is 4.53. The summed E-state index contributed by atoms with van der Waals surface area (Å²) in [5, 5.41) is 28.3. The SMILES string of the molecule is NC(=O)c1cn([C@@H]2O[C@H](CO)[C@@H](O)[C@H]2O)c(N)n1. The highest BCUT2D eigenvalue weighted by atomic mass is 16.6. The molecule has 1 amide bonds. The smallest absolute Gasteiger partial charge is 0.268 e. The van der Waals surface area contributed by atoms with Gasteiger partial charge in [0.2, 0.25) is 5.95 Å². The zero-order valence-electron chi connectivity index (χ0n) is 9.30. The van der Waals surface area contributed by atoms with Crippen molar-refractivity contribution in [1.82, 2.24) is 9.55 Å². The quantitative estimate of drug-likeness (QED) is 0.391. The highest BCUT2D eigenvalue weighted by Gasteiger charge is 2.44. The van der Waals surface area contributed by atoms with Gasteiger partial charge in [0.1, 0.15) is 24.0 Å². The lowest BCUT2D eigenvalue weighted by Gasteiger charge is -2.16. The number of aromatic nitrogens is 2. The summed E-state index contributed by atoms with van der Waals surface area (Å²) in [6, 6.07) is 0. The van der Waals surface area contributed by atoms with Crippen LogP contribution in [0.4, 0.5) is 5.95 Å². The summed E-state index contributed by atoms with van der Waals surface area (Å²) in [4.78, 5) is 14.6. The zero-order valence-corrected chi connectivity index (χ0v) is 9.30. The van der Waals surface area contributed by atoms with Gasteiger partial charge in [-0.1, -0.05) is 0 Å². The minimum atomic E-state index is -1.29.